The van der Waals surface area contributed by atoms with Gasteiger partial charge < -0.3 is 10.8 Å². The van der Waals surface area contributed by atoms with Crippen LogP contribution in [0.15, 0.2) is 26.4 Å². The second-order valence-electron chi connectivity index (χ2n) is 5.62. The summed E-state index contributed by atoms with van der Waals surface area (Å²) < 4.78 is 3.32. The second kappa shape index (κ2) is 5.96. The number of fused-ring (bicyclic) bond motifs is 1. The molecule has 0 saturated heterocycles. The molecule has 0 unspecified atom stereocenters. The summed E-state index contributed by atoms with van der Waals surface area (Å²) in [6, 6.07) is 0. The Bertz CT molecular complexity index is 810. The van der Waals surface area contributed by atoms with Crippen molar-refractivity contribution in [1.82, 2.24) is 9.36 Å². The predicted octanol–water partition coefficient (Wildman–Crippen LogP) is 0.0606. The van der Waals surface area contributed by atoms with Crippen molar-refractivity contribution < 1.29 is 9.90 Å². The summed E-state index contributed by atoms with van der Waals surface area (Å²) in [4.78, 5) is 32.9. The van der Waals surface area contributed by atoms with E-state index in [1.807, 2.05) is 0 Å². The van der Waals surface area contributed by atoms with Gasteiger partial charge in [-0.05, 0) is 25.0 Å². The molecule has 2 aliphatic rings. The number of nitrogens with two attached hydrogens (primary N) is 1. The van der Waals surface area contributed by atoms with Crippen molar-refractivity contribution in [2.45, 2.75) is 32.9 Å². The number of aromatic nitrogens is 2. The van der Waals surface area contributed by atoms with E-state index in [1.54, 1.807) is 22.4 Å². The predicted molar refractivity (Wildman–Crippen MR) is 87.6 cm³/mol. The Morgan fingerprint density at radius 2 is 2.04 bits per heavy atom. The van der Waals surface area contributed by atoms with Gasteiger partial charge in [0.15, 0.2) is 17.3 Å². The van der Waals surface area contributed by atoms with Gasteiger partial charge in [-0.25, -0.2) is 9.67 Å². The van der Waals surface area contributed by atoms with Crippen LogP contribution in [-0.2, 0) is 17.9 Å². The molecule has 122 valence electrons. The monoisotopic (exact) mass is 317 g/mol. The third kappa shape index (κ3) is 2.65. The van der Waals surface area contributed by atoms with Gasteiger partial charge in [-0.3, -0.25) is 19.3 Å². The SMILES string of the molecule is CC1=CC(=Nc2c(N)n3n(c2=O)CCC3)C(=NCCO)CC1=O. The molecule has 8 heteroatoms. The highest BCUT2D eigenvalue weighted by Crippen LogP contribution is 2.23. The van der Waals surface area contributed by atoms with Crippen LogP contribution in [0.4, 0.5) is 11.5 Å². The molecule has 0 bridgehead atoms. The zero-order valence-electron chi connectivity index (χ0n) is 12.9. The molecule has 0 fully saturated rings. The number of aliphatic hydroxyl groups excluding tert-OH is 1. The third-order valence-electron chi connectivity index (χ3n) is 4.04. The first-order chi connectivity index (χ1) is 11.0. The Kier molecular flexibility index (Phi) is 3.99. The largest absolute Gasteiger partial charge is 0.394 e. The van der Waals surface area contributed by atoms with Crippen molar-refractivity contribution in [2.24, 2.45) is 9.98 Å². The fourth-order valence-electron chi connectivity index (χ4n) is 2.82. The van der Waals surface area contributed by atoms with E-state index in [4.69, 9.17) is 10.8 Å². The van der Waals surface area contributed by atoms with Gasteiger partial charge in [0.1, 0.15) is 0 Å². The summed E-state index contributed by atoms with van der Waals surface area (Å²) in [5, 5.41) is 8.93. The van der Waals surface area contributed by atoms with Crippen LogP contribution in [0.25, 0.3) is 0 Å². The molecule has 1 aliphatic heterocycles. The average molecular weight is 317 g/mol. The first kappa shape index (κ1) is 15.4. The molecule has 0 aromatic carbocycles. The Labute approximate surface area is 132 Å². The van der Waals surface area contributed by atoms with Crippen molar-refractivity contribution in [1.29, 1.82) is 0 Å². The Morgan fingerprint density at radius 1 is 1.30 bits per heavy atom. The van der Waals surface area contributed by atoms with Gasteiger partial charge in [0, 0.05) is 13.1 Å². The minimum Gasteiger partial charge on any atom is -0.394 e. The minimum absolute atomic E-state index is 0.0373. The lowest BCUT2D eigenvalue weighted by Crippen LogP contribution is -2.24. The van der Waals surface area contributed by atoms with Gasteiger partial charge in [0.2, 0.25) is 0 Å². The highest BCUT2D eigenvalue weighted by Gasteiger charge is 2.24. The Hall–Kier alpha value is -2.48. The topological polar surface area (TPSA) is 115 Å². The van der Waals surface area contributed by atoms with Gasteiger partial charge >= 0.3 is 0 Å². The minimum atomic E-state index is -0.225. The fourth-order valence-corrected chi connectivity index (χ4v) is 2.82. The van der Waals surface area contributed by atoms with Crippen molar-refractivity contribution in [3.05, 3.63) is 22.0 Å². The molecule has 23 heavy (non-hydrogen) atoms. The molecule has 0 spiro atoms. The quantitative estimate of drug-likeness (QED) is 0.820. The Morgan fingerprint density at radius 3 is 2.74 bits per heavy atom. The van der Waals surface area contributed by atoms with Crippen molar-refractivity contribution >= 4 is 28.7 Å². The molecule has 8 nitrogen and oxygen atoms in total. The maximum Gasteiger partial charge on any atom is 0.294 e. The zero-order chi connectivity index (χ0) is 16.6. The van der Waals surface area contributed by atoms with E-state index in [2.05, 4.69) is 9.98 Å². The van der Waals surface area contributed by atoms with E-state index in [-0.39, 0.29) is 36.6 Å². The van der Waals surface area contributed by atoms with Crippen LogP contribution in [0, 0.1) is 0 Å². The number of ketones is 1. The van der Waals surface area contributed by atoms with E-state index < -0.39 is 0 Å². The van der Waals surface area contributed by atoms with Gasteiger partial charge in [-0.2, -0.15) is 0 Å². The van der Waals surface area contributed by atoms with Gasteiger partial charge in [0.25, 0.3) is 5.56 Å². The molecule has 0 amide bonds. The second-order valence-corrected chi connectivity index (χ2v) is 5.62. The molecule has 3 rings (SSSR count). The van der Waals surface area contributed by atoms with Crippen LogP contribution in [0.2, 0.25) is 0 Å². The van der Waals surface area contributed by atoms with Crippen molar-refractivity contribution in [2.75, 3.05) is 18.9 Å². The third-order valence-corrected chi connectivity index (χ3v) is 4.04. The highest BCUT2D eigenvalue weighted by molar-refractivity contribution is 6.52. The van der Waals surface area contributed by atoms with E-state index in [1.165, 1.54) is 0 Å². The number of aliphatic hydroxyl groups is 1. The summed E-state index contributed by atoms with van der Waals surface area (Å²) in [5.41, 5.74) is 7.52. The number of carbonyl (C=O) groups excluding carboxylic acids is 1. The van der Waals surface area contributed by atoms with Gasteiger partial charge in [-0.1, -0.05) is 0 Å². The van der Waals surface area contributed by atoms with Crippen LogP contribution < -0.4 is 11.3 Å². The van der Waals surface area contributed by atoms with Crippen LogP contribution in [0.1, 0.15) is 19.8 Å². The maximum atomic E-state index is 12.4. The maximum absolute atomic E-state index is 12.4. The number of hydrogen-bond donors (Lipinski definition) is 2. The van der Waals surface area contributed by atoms with Crippen LogP contribution in [0.5, 0.6) is 0 Å². The lowest BCUT2D eigenvalue weighted by Gasteiger charge is -2.13. The highest BCUT2D eigenvalue weighted by atomic mass is 16.3. The molecule has 0 saturated carbocycles. The molecule has 0 atom stereocenters. The van der Waals surface area contributed by atoms with Crippen LogP contribution >= 0.6 is 0 Å². The molecule has 1 aromatic rings. The smallest absolute Gasteiger partial charge is 0.294 e. The number of carbonyl (C=O) groups is 1. The summed E-state index contributed by atoms with van der Waals surface area (Å²) in [7, 11) is 0. The average Bonchev–Trinajstić information content (AvgIpc) is 3.09. The molecule has 0 radical (unpaired) electrons. The van der Waals surface area contributed by atoms with Crippen molar-refractivity contribution in [3.63, 3.8) is 0 Å². The summed E-state index contributed by atoms with van der Waals surface area (Å²) in [6.45, 7) is 3.11. The number of allylic oxidation sites excluding steroid dienone is 2. The van der Waals surface area contributed by atoms with Gasteiger partial charge in [-0.15, -0.1) is 0 Å². The molecule has 1 aromatic heterocycles. The number of nitrogen functional groups attached to an aromatic ring is 1. The van der Waals surface area contributed by atoms with Gasteiger partial charge in [0.05, 0.1) is 31.0 Å². The molecule has 2 heterocycles. The van der Waals surface area contributed by atoms with Crippen LogP contribution in [0.3, 0.4) is 0 Å². The number of hydrogen-bond acceptors (Lipinski definition) is 6. The van der Waals surface area contributed by atoms with E-state index in [9.17, 15) is 9.59 Å². The molecule has 1 aliphatic carbocycles. The summed E-state index contributed by atoms with van der Waals surface area (Å²) in [5.74, 6) is 0.300. The molecule has 3 N–H and O–H groups in total. The summed E-state index contributed by atoms with van der Waals surface area (Å²) >= 11 is 0. The standard InChI is InChI=1S/C15H19N5O3/c1-9-7-11(10(8-12(9)22)17-3-6-21)18-13-14(16)19-4-2-5-20(19)15(13)23/h7,21H,2-6,8,16H2,1H3. The van der Waals surface area contributed by atoms with Crippen LogP contribution in [-0.4, -0.2) is 44.8 Å². The van der Waals surface area contributed by atoms with E-state index in [0.29, 0.717) is 35.9 Å². The number of Topliss-reactive ketones (excluding diaryl/α,β-unsaturated/α-hetero) is 1. The number of nitrogens with zero attached hydrogens (tertiary/aromatic N) is 4. The fraction of sp³-hybridized carbons (Fsp3) is 0.467. The Balaban J connectivity index is 2.10. The van der Waals surface area contributed by atoms with Crippen molar-refractivity contribution in [3.8, 4) is 0 Å². The lowest BCUT2D eigenvalue weighted by molar-refractivity contribution is -0.114. The number of anilines is 1. The number of aliphatic imine (C=N–C) groups is 2. The first-order valence-electron chi connectivity index (χ1n) is 7.56. The van der Waals surface area contributed by atoms with E-state index >= 15 is 0 Å². The zero-order valence-corrected chi connectivity index (χ0v) is 12.9. The number of rotatable bonds is 3. The lowest BCUT2D eigenvalue weighted by atomic mass is 9.95. The van der Waals surface area contributed by atoms with E-state index in [0.717, 1.165) is 6.42 Å². The summed E-state index contributed by atoms with van der Waals surface area (Å²) in [6.07, 6.45) is 2.62. The first-order valence-corrected chi connectivity index (χ1v) is 7.56. The molecular formula is C15H19N5O3. The normalized spacial score (nSPS) is 21.1. The molecular weight excluding hydrogens is 298 g/mol.